The molecule has 2 atom stereocenters. The van der Waals surface area contributed by atoms with Crippen LogP contribution in [0.1, 0.15) is 37.2 Å². The predicted octanol–water partition coefficient (Wildman–Crippen LogP) is 2.69. The largest absolute Gasteiger partial charge is 0.468 e. The molecule has 0 unspecified atom stereocenters. The van der Waals surface area contributed by atoms with Gasteiger partial charge in [-0.3, -0.25) is 0 Å². The van der Waals surface area contributed by atoms with Gasteiger partial charge in [0.15, 0.2) is 6.79 Å². The van der Waals surface area contributed by atoms with Crippen LogP contribution < -0.4 is 4.74 Å². The lowest BCUT2D eigenvalue weighted by molar-refractivity contribution is 0.0510. The Labute approximate surface area is 102 Å². The fourth-order valence-corrected chi connectivity index (χ4v) is 2.44. The van der Waals surface area contributed by atoms with E-state index in [2.05, 4.69) is 0 Å². The van der Waals surface area contributed by atoms with Crippen LogP contribution in [-0.4, -0.2) is 25.1 Å². The van der Waals surface area contributed by atoms with E-state index < -0.39 is 0 Å². The Morgan fingerprint density at radius 1 is 1.18 bits per heavy atom. The third kappa shape index (κ3) is 3.20. The number of aliphatic hydroxyl groups is 1. The van der Waals surface area contributed by atoms with Crippen LogP contribution in [0.15, 0.2) is 24.3 Å². The SMILES string of the molecule is COCOc1ccc([C@H]2CCCC[C@@H]2O)cc1. The lowest BCUT2D eigenvalue weighted by Gasteiger charge is -2.27. The van der Waals surface area contributed by atoms with Crippen LogP contribution >= 0.6 is 0 Å². The molecule has 1 saturated carbocycles. The lowest BCUT2D eigenvalue weighted by Crippen LogP contribution is -2.22. The van der Waals surface area contributed by atoms with E-state index in [9.17, 15) is 5.11 Å². The van der Waals surface area contributed by atoms with Gasteiger partial charge in [-0.2, -0.15) is 0 Å². The van der Waals surface area contributed by atoms with Crippen LogP contribution in [0.2, 0.25) is 0 Å². The maximum atomic E-state index is 9.98. The first-order chi connectivity index (χ1) is 8.31. The van der Waals surface area contributed by atoms with Crippen molar-refractivity contribution in [1.82, 2.24) is 0 Å². The van der Waals surface area contributed by atoms with Gasteiger partial charge in [0, 0.05) is 13.0 Å². The third-order valence-electron chi connectivity index (χ3n) is 3.38. The van der Waals surface area contributed by atoms with Gasteiger partial charge in [0.25, 0.3) is 0 Å². The molecule has 3 heteroatoms. The smallest absolute Gasteiger partial charge is 0.188 e. The molecule has 0 radical (unpaired) electrons. The van der Waals surface area contributed by atoms with Crippen molar-refractivity contribution in [1.29, 1.82) is 0 Å². The van der Waals surface area contributed by atoms with Crippen LogP contribution in [0, 0.1) is 0 Å². The van der Waals surface area contributed by atoms with E-state index in [1.54, 1.807) is 7.11 Å². The highest BCUT2D eigenvalue weighted by atomic mass is 16.7. The Morgan fingerprint density at radius 2 is 1.88 bits per heavy atom. The number of aliphatic hydroxyl groups excluding tert-OH is 1. The van der Waals surface area contributed by atoms with Gasteiger partial charge < -0.3 is 14.6 Å². The summed E-state index contributed by atoms with van der Waals surface area (Å²) < 4.78 is 10.2. The molecule has 1 aliphatic carbocycles. The second kappa shape index (κ2) is 6.03. The summed E-state index contributed by atoms with van der Waals surface area (Å²) in [6.45, 7) is 0.269. The Bertz CT molecular complexity index is 334. The number of methoxy groups -OCH3 is 1. The summed E-state index contributed by atoms with van der Waals surface area (Å²) in [7, 11) is 1.60. The first-order valence-electron chi connectivity index (χ1n) is 6.21. The van der Waals surface area contributed by atoms with Crippen molar-refractivity contribution in [2.45, 2.75) is 37.7 Å². The highest BCUT2D eigenvalue weighted by Gasteiger charge is 2.24. The minimum Gasteiger partial charge on any atom is -0.468 e. The summed E-state index contributed by atoms with van der Waals surface area (Å²) in [5.41, 5.74) is 1.21. The van der Waals surface area contributed by atoms with E-state index in [0.29, 0.717) is 5.92 Å². The lowest BCUT2D eigenvalue weighted by atomic mass is 9.82. The van der Waals surface area contributed by atoms with Crippen LogP contribution in [0.4, 0.5) is 0 Å². The summed E-state index contributed by atoms with van der Waals surface area (Å²) in [6, 6.07) is 7.97. The van der Waals surface area contributed by atoms with Crippen LogP contribution in [0.5, 0.6) is 5.75 Å². The average Bonchev–Trinajstić information content (AvgIpc) is 2.38. The molecular formula is C14H20O3. The zero-order valence-electron chi connectivity index (χ0n) is 10.3. The van der Waals surface area contributed by atoms with Crippen LogP contribution in [-0.2, 0) is 4.74 Å². The summed E-state index contributed by atoms with van der Waals surface area (Å²) in [5.74, 6) is 1.10. The molecule has 0 bridgehead atoms. The van der Waals surface area contributed by atoms with E-state index in [0.717, 1.165) is 25.0 Å². The van der Waals surface area contributed by atoms with Crippen molar-refractivity contribution in [3.8, 4) is 5.75 Å². The second-order valence-corrected chi connectivity index (χ2v) is 4.58. The molecule has 1 aliphatic rings. The summed E-state index contributed by atoms with van der Waals surface area (Å²) >= 11 is 0. The standard InChI is InChI=1S/C14H20O3/c1-16-10-17-12-8-6-11(7-9-12)13-4-2-3-5-14(13)15/h6-9,13-15H,2-5,10H2,1H3/t13-,14+/m1/s1. The van der Waals surface area contributed by atoms with E-state index in [-0.39, 0.29) is 12.9 Å². The fraction of sp³-hybridized carbons (Fsp3) is 0.571. The molecule has 1 fully saturated rings. The van der Waals surface area contributed by atoms with Gasteiger partial charge in [-0.1, -0.05) is 25.0 Å². The molecule has 0 spiro atoms. The van der Waals surface area contributed by atoms with Gasteiger partial charge in [-0.15, -0.1) is 0 Å². The summed E-state index contributed by atoms with van der Waals surface area (Å²) in [4.78, 5) is 0. The van der Waals surface area contributed by atoms with Gasteiger partial charge in [0.2, 0.25) is 0 Å². The predicted molar refractivity (Wildman–Crippen MR) is 66.2 cm³/mol. The van der Waals surface area contributed by atoms with Crippen LogP contribution in [0.3, 0.4) is 0 Å². The second-order valence-electron chi connectivity index (χ2n) is 4.58. The molecule has 3 nitrogen and oxygen atoms in total. The molecule has 0 aromatic heterocycles. The van der Waals surface area contributed by atoms with Crippen molar-refractivity contribution in [2.75, 3.05) is 13.9 Å². The number of benzene rings is 1. The summed E-state index contributed by atoms with van der Waals surface area (Å²) in [5, 5.41) is 9.98. The highest BCUT2D eigenvalue weighted by Crippen LogP contribution is 2.33. The van der Waals surface area contributed by atoms with Crippen molar-refractivity contribution in [3.05, 3.63) is 29.8 Å². The van der Waals surface area contributed by atoms with E-state index in [1.165, 1.54) is 12.0 Å². The molecule has 2 rings (SSSR count). The molecule has 1 aromatic carbocycles. The monoisotopic (exact) mass is 236 g/mol. The fourth-order valence-electron chi connectivity index (χ4n) is 2.44. The Balaban J connectivity index is 2.01. The molecule has 1 N–H and O–H groups in total. The van der Waals surface area contributed by atoms with Crippen molar-refractivity contribution in [2.24, 2.45) is 0 Å². The van der Waals surface area contributed by atoms with E-state index in [1.807, 2.05) is 24.3 Å². The van der Waals surface area contributed by atoms with Gasteiger partial charge in [-0.05, 0) is 30.5 Å². The van der Waals surface area contributed by atoms with Crippen molar-refractivity contribution in [3.63, 3.8) is 0 Å². The maximum Gasteiger partial charge on any atom is 0.188 e. The van der Waals surface area contributed by atoms with Crippen molar-refractivity contribution < 1.29 is 14.6 Å². The molecule has 17 heavy (non-hydrogen) atoms. The Kier molecular flexibility index (Phi) is 4.40. The minimum atomic E-state index is -0.186. The molecule has 0 aliphatic heterocycles. The van der Waals surface area contributed by atoms with Gasteiger partial charge in [0.1, 0.15) is 5.75 Å². The van der Waals surface area contributed by atoms with Crippen LogP contribution in [0.25, 0.3) is 0 Å². The zero-order chi connectivity index (χ0) is 12.1. The third-order valence-corrected chi connectivity index (χ3v) is 3.38. The summed E-state index contributed by atoms with van der Waals surface area (Å²) in [6.07, 6.45) is 4.18. The van der Waals surface area contributed by atoms with Gasteiger partial charge >= 0.3 is 0 Å². The first kappa shape index (κ1) is 12.4. The van der Waals surface area contributed by atoms with Crippen molar-refractivity contribution >= 4 is 0 Å². The quantitative estimate of drug-likeness (QED) is 0.817. The normalized spacial score (nSPS) is 24.6. The molecule has 0 heterocycles. The molecular weight excluding hydrogens is 216 g/mol. The topological polar surface area (TPSA) is 38.7 Å². The number of hydrogen-bond acceptors (Lipinski definition) is 3. The first-order valence-corrected chi connectivity index (χ1v) is 6.21. The number of rotatable bonds is 4. The zero-order valence-corrected chi connectivity index (χ0v) is 10.3. The number of hydrogen-bond donors (Lipinski definition) is 1. The minimum absolute atomic E-state index is 0.186. The van der Waals surface area contributed by atoms with E-state index in [4.69, 9.17) is 9.47 Å². The van der Waals surface area contributed by atoms with E-state index >= 15 is 0 Å². The Hall–Kier alpha value is -1.06. The van der Waals surface area contributed by atoms with Gasteiger partial charge in [-0.25, -0.2) is 0 Å². The molecule has 0 saturated heterocycles. The molecule has 1 aromatic rings. The molecule has 0 amide bonds. The average molecular weight is 236 g/mol. The maximum absolute atomic E-state index is 9.98. The number of ether oxygens (including phenoxy) is 2. The Morgan fingerprint density at radius 3 is 2.53 bits per heavy atom. The molecule has 94 valence electrons. The van der Waals surface area contributed by atoms with Gasteiger partial charge in [0.05, 0.1) is 6.10 Å². The highest BCUT2D eigenvalue weighted by molar-refractivity contribution is 5.30.